The molecular formula is C20H23N3O2. The lowest BCUT2D eigenvalue weighted by atomic mass is 10.0. The zero-order valence-electron chi connectivity index (χ0n) is 14.2. The summed E-state index contributed by atoms with van der Waals surface area (Å²) >= 11 is 0. The lowest BCUT2D eigenvalue weighted by Crippen LogP contribution is -2.46. The molecule has 0 bridgehead atoms. The first-order valence-corrected chi connectivity index (χ1v) is 8.59. The van der Waals surface area contributed by atoms with Gasteiger partial charge in [0.15, 0.2) is 0 Å². The number of carbonyl (C=O) groups excluding carboxylic acids is 2. The van der Waals surface area contributed by atoms with Crippen LogP contribution in [-0.4, -0.2) is 42.4 Å². The summed E-state index contributed by atoms with van der Waals surface area (Å²) in [5.74, 6) is -0.353. The predicted molar refractivity (Wildman–Crippen MR) is 98.0 cm³/mol. The van der Waals surface area contributed by atoms with Crippen molar-refractivity contribution in [3.8, 4) is 11.1 Å². The number of piperidine rings is 1. The Hall–Kier alpha value is -2.66. The second-order valence-electron chi connectivity index (χ2n) is 6.43. The third-order valence-electron chi connectivity index (χ3n) is 4.56. The second-order valence-corrected chi connectivity index (χ2v) is 6.43. The van der Waals surface area contributed by atoms with Crippen molar-refractivity contribution < 1.29 is 9.59 Å². The fourth-order valence-corrected chi connectivity index (χ4v) is 3.17. The Labute approximate surface area is 147 Å². The highest BCUT2D eigenvalue weighted by molar-refractivity contribution is 5.94. The number of amides is 2. The Morgan fingerprint density at radius 2 is 1.56 bits per heavy atom. The maximum Gasteiger partial charge on any atom is 0.251 e. The molecule has 5 nitrogen and oxygen atoms in total. The molecule has 25 heavy (non-hydrogen) atoms. The standard InChI is InChI=1S/C20H23N3O2/c21-19(24)14-23-12-10-18(11-13-23)22-20(25)17-8-6-16(7-9-17)15-4-2-1-3-5-15/h1-9,18H,10-14H2,(H2,21,24)(H,22,25). The molecule has 130 valence electrons. The molecule has 1 aliphatic heterocycles. The van der Waals surface area contributed by atoms with Crippen molar-refractivity contribution in [3.63, 3.8) is 0 Å². The normalized spacial score (nSPS) is 15.7. The summed E-state index contributed by atoms with van der Waals surface area (Å²) in [5, 5.41) is 3.09. The molecule has 3 rings (SSSR count). The van der Waals surface area contributed by atoms with E-state index in [2.05, 4.69) is 17.4 Å². The minimum Gasteiger partial charge on any atom is -0.369 e. The minimum atomic E-state index is -0.305. The number of hydrogen-bond acceptors (Lipinski definition) is 3. The van der Waals surface area contributed by atoms with Crippen molar-refractivity contribution in [1.29, 1.82) is 0 Å². The summed E-state index contributed by atoms with van der Waals surface area (Å²) in [7, 11) is 0. The van der Waals surface area contributed by atoms with Gasteiger partial charge in [0, 0.05) is 24.7 Å². The maximum atomic E-state index is 12.4. The first-order valence-electron chi connectivity index (χ1n) is 8.59. The van der Waals surface area contributed by atoms with Gasteiger partial charge in [-0.05, 0) is 36.1 Å². The van der Waals surface area contributed by atoms with Gasteiger partial charge in [-0.25, -0.2) is 0 Å². The number of rotatable bonds is 5. The molecule has 0 aromatic heterocycles. The zero-order valence-corrected chi connectivity index (χ0v) is 14.2. The van der Waals surface area contributed by atoms with Crippen LogP contribution in [0.4, 0.5) is 0 Å². The summed E-state index contributed by atoms with van der Waals surface area (Å²) < 4.78 is 0. The summed E-state index contributed by atoms with van der Waals surface area (Å²) in [4.78, 5) is 25.4. The van der Waals surface area contributed by atoms with E-state index in [9.17, 15) is 9.59 Å². The second kappa shape index (κ2) is 7.94. The molecule has 1 fully saturated rings. The van der Waals surface area contributed by atoms with Crippen LogP contribution in [0.1, 0.15) is 23.2 Å². The van der Waals surface area contributed by atoms with Crippen molar-refractivity contribution >= 4 is 11.8 Å². The third-order valence-corrected chi connectivity index (χ3v) is 4.56. The monoisotopic (exact) mass is 337 g/mol. The van der Waals surface area contributed by atoms with Gasteiger partial charge in [-0.15, -0.1) is 0 Å². The lowest BCUT2D eigenvalue weighted by molar-refractivity contribution is -0.119. The minimum absolute atomic E-state index is 0.0482. The van der Waals surface area contributed by atoms with E-state index >= 15 is 0 Å². The van der Waals surface area contributed by atoms with Gasteiger partial charge >= 0.3 is 0 Å². The van der Waals surface area contributed by atoms with Gasteiger partial charge in [-0.3, -0.25) is 14.5 Å². The highest BCUT2D eigenvalue weighted by Crippen LogP contribution is 2.19. The van der Waals surface area contributed by atoms with Crippen molar-refractivity contribution in [2.24, 2.45) is 5.73 Å². The highest BCUT2D eigenvalue weighted by Gasteiger charge is 2.21. The number of likely N-dealkylation sites (tertiary alicyclic amines) is 1. The molecule has 0 unspecified atom stereocenters. The molecule has 1 heterocycles. The smallest absolute Gasteiger partial charge is 0.251 e. The Kier molecular flexibility index (Phi) is 5.46. The number of nitrogens with zero attached hydrogens (tertiary/aromatic N) is 1. The average molecular weight is 337 g/mol. The number of carbonyl (C=O) groups is 2. The van der Waals surface area contributed by atoms with Crippen LogP contribution in [-0.2, 0) is 4.79 Å². The van der Waals surface area contributed by atoms with Crippen molar-refractivity contribution in [1.82, 2.24) is 10.2 Å². The molecule has 2 aromatic carbocycles. The fraction of sp³-hybridized carbons (Fsp3) is 0.300. The molecule has 3 N–H and O–H groups in total. The highest BCUT2D eigenvalue weighted by atomic mass is 16.2. The number of nitrogens with two attached hydrogens (primary N) is 1. The lowest BCUT2D eigenvalue weighted by Gasteiger charge is -2.31. The first kappa shape index (κ1) is 17.2. The number of hydrogen-bond donors (Lipinski definition) is 2. The van der Waals surface area contributed by atoms with Gasteiger partial charge in [0.25, 0.3) is 5.91 Å². The van der Waals surface area contributed by atoms with Crippen LogP contribution < -0.4 is 11.1 Å². The molecule has 0 atom stereocenters. The van der Waals surface area contributed by atoms with Gasteiger partial charge in [0.05, 0.1) is 6.54 Å². The van der Waals surface area contributed by atoms with E-state index in [4.69, 9.17) is 5.73 Å². The summed E-state index contributed by atoms with van der Waals surface area (Å²) in [5.41, 5.74) is 8.11. The van der Waals surface area contributed by atoms with E-state index in [1.54, 1.807) is 0 Å². The zero-order chi connectivity index (χ0) is 17.6. The fourth-order valence-electron chi connectivity index (χ4n) is 3.17. The van der Waals surface area contributed by atoms with Gasteiger partial charge in [-0.2, -0.15) is 0 Å². The third kappa shape index (κ3) is 4.67. The molecule has 2 aromatic rings. The molecule has 0 aliphatic carbocycles. The van der Waals surface area contributed by atoms with Gasteiger partial charge in [-0.1, -0.05) is 42.5 Å². The van der Waals surface area contributed by atoms with Crippen LogP contribution in [0, 0.1) is 0 Å². The average Bonchev–Trinajstić information content (AvgIpc) is 2.64. The molecule has 5 heteroatoms. The number of nitrogens with one attached hydrogen (secondary N) is 1. The Balaban J connectivity index is 1.54. The van der Waals surface area contributed by atoms with Crippen LogP contribution in [0.25, 0.3) is 11.1 Å². The largest absolute Gasteiger partial charge is 0.369 e. The number of primary amides is 1. The van der Waals surface area contributed by atoms with E-state index in [0.29, 0.717) is 12.1 Å². The summed E-state index contributed by atoms with van der Waals surface area (Å²) in [6.45, 7) is 1.85. The molecule has 0 radical (unpaired) electrons. The van der Waals surface area contributed by atoms with E-state index in [-0.39, 0.29) is 17.9 Å². The van der Waals surface area contributed by atoms with Crippen molar-refractivity contribution in [2.45, 2.75) is 18.9 Å². The molecule has 1 saturated heterocycles. The van der Waals surface area contributed by atoms with Crippen LogP contribution >= 0.6 is 0 Å². The number of benzene rings is 2. The molecular weight excluding hydrogens is 314 g/mol. The van der Waals surface area contributed by atoms with E-state index in [1.807, 2.05) is 47.4 Å². The molecule has 0 saturated carbocycles. The molecule has 1 aliphatic rings. The Morgan fingerprint density at radius 3 is 2.16 bits per heavy atom. The SMILES string of the molecule is NC(=O)CN1CCC(NC(=O)c2ccc(-c3ccccc3)cc2)CC1. The summed E-state index contributed by atoms with van der Waals surface area (Å²) in [6, 6.07) is 17.9. The quantitative estimate of drug-likeness (QED) is 0.876. The molecule has 2 amide bonds. The van der Waals surface area contributed by atoms with Crippen molar-refractivity contribution in [3.05, 3.63) is 60.2 Å². The van der Waals surface area contributed by atoms with Crippen LogP contribution in [0.15, 0.2) is 54.6 Å². The van der Waals surface area contributed by atoms with Crippen LogP contribution in [0.3, 0.4) is 0 Å². The van der Waals surface area contributed by atoms with Gasteiger partial charge in [0.1, 0.15) is 0 Å². The van der Waals surface area contributed by atoms with Crippen LogP contribution in [0.2, 0.25) is 0 Å². The maximum absolute atomic E-state index is 12.4. The van der Waals surface area contributed by atoms with Gasteiger partial charge < -0.3 is 11.1 Å². The molecule has 0 spiro atoms. The predicted octanol–water partition coefficient (Wildman–Crippen LogP) is 2.03. The Morgan fingerprint density at radius 1 is 0.960 bits per heavy atom. The Bertz CT molecular complexity index is 720. The van der Waals surface area contributed by atoms with Crippen LogP contribution in [0.5, 0.6) is 0 Å². The van der Waals surface area contributed by atoms with Gasteiger partial charge in [0.2, 0.25) is 5.91 Å². The van der Waals surface area contributed by atoms with E-state index in [1.165, 1.54) is 0 Å². The first-order chi connectivity index (χ1) is 12.1. The topological polar surface area (TPSA) is 75.4 Å². The summed E-state index contributed by atoms with van der Waals surface area (Å²) in [6.07, 6.45) is 1.67. The van der Waals surface area contributed by atoms with E-state index < -0.39 is 0 Å². The van der Waals surface area contributed by atoms with E-state index in [0.717, 1.165) is 37.1 Å². The van der Waals surface area contributed by atoms with Crippen molar-refractivity contribution in [2.75, 3.05) is 19.6 Å².